The molecule has 20 heavy (non-hydrogen) atoms. The smallest absolute Gasteiger partial charge is 0.103 e. The van der Waals surface area contributed by atoms with Gasteiger partial charge in [0.2, 0.25) is 0 Å². The van der Waals surface area contributed by atoms with Crippen molar-refractivity contribution < 1.29 is 0 Å². The molecule has 1 aromatic heterocycles. The van der Waals surface area contributed by atoms with Crippen LogP contribution in [0.2, 0.25) is 0 Å². The van der Waals surface area contributed by atoms with Gasteiger partial charge in [-0.05, 0) is 18.9 Å². The maximum absolute atomic E-state index is 9.31. The van der Waals surface area contributed by atoms with Crippen molar-refractivity contribution in [3.63, 3.8) is 0 Å². The fraction of sp³-hybridized carbons (Fsp3) is 0.375. The second-order valence-electron chi connectivity index (χ2n) is 5.37. The summed E-state index contributed by atoms with van der Waals surface area (Å²) in [5, 5.41) is 13.8. The Kier molecular flexibility index (Phi) is 3.53. The van der Waals surface area contributed by atoms with E-state index in [4.69, 9.17) is 5.73 Å². The first-order valence-electron chi connectivity index (χ1n) is 7.09. The van der Waals surface area contributed by atoms with Crippen LogP contribution in [0.3, 0.4) is 0 Å². The van der Waals surface area contributed by atoms with Crippen LogP contribution in [0.1, 0.15) is 31.2 Å². The summed E-state index contributed by atoms with van der Waals surface area (Å²) in [6.07, 6.45) is 6.13. The van der Waals surface area contributed by atoms with Gasteiger partial charge >= 0.3 is 0 Å². The minimum atomic E-state index is 0.155. The van der Waals surface area contributed by atoms with Crippen LogP contribution in [-0.4, -0.2) is 17.1 Å². The van der Waals surface area contributed by atoms with E-state index in [0.717, 1.165) is 29.4 Å². The zero-order chi connectivity index (χ0) is 13.9. The molecule has 0 amide bonds. The zero-order valence-electron chi connectivity index (χ0n) is 11.3. The van der Waals surface area contributed by atoms with Crippen LogP contribution < -0.4 is 11.1 Å². The molecule has 0 saturated heterocycles. The van der Waals surface area contributed by atoms with Gasteiger partial charge in [-0.2, -0.15) is 5.26 Å². The normalized spacial score (nSPS) is 22.4. The molecule has 1 fully saturated rings. The number of pyridine rings is 1. The quantitative estimate of drug-likeness (QED) is 0.876. The van der Waals surface area contributed by atoms with Gasteiger partial charge in [-0.15, -0.1) is 0 Å². The highest BCUT2D eigenvalue weighted by Gasteiger charge is 2.23. The van der Waals surface area contributed by atoms with Crippen LogP contribution in [0.4, 0.5) is 5.69 Å². The first-order chi connectivity index (χ1) is 9.79. The molecule has 102 valence electrons. The Morgan fingerprint density at radius 3 is 2.85 bits per heavy atom. The number of rotatable bonds is 2. The Morgan fingerprint density at radius 1 is 1.25 bits per heavy atom. The summed E-state index contributed by atoms with van der Waals surface area (Å²) in [5.41, 5.74) is 8.56. The fourth-order valence-corrected chi connectivity index (χ4v) is 2.91. The summed E-state index contributed by atoms with van der Waals surface area (Å²) >= 11 is 0. The third kappa shape index (κ3) is 2.33. The van der Waals surface area contributed by atoms with Crippen molar-refractivity contribution >= 4 is 16.6 Å². The maximum Gasteiger partial charge on any atom is 0.103 e. The molecule has 4 nitrogen and oxygen atoms in total. The lowest BCUT2D eigenvalue weighted by Crippen LogP contribution is -2.42. The molecule has 1 aliphatic rings. The van der Waals surface area contributed by atoms with E-state index < -0.39 is 0 Å². The highest BCUT2D eigenvalue weighted by molar-refractivity contribution is 5.94. The van der Waals surface area contributed by atoms with Crippen LogP contribution in [0.15, 0.2) is 30.5 Å². The van der Waals surface area contributed by atoms with Gasteiger partial charge in [0.1, 0.15) is 6.07 Å². The van der Waals surface area contributed by atoms with E-state index in [9.17, 15) is 5.26 Å². The van der Waals surface area contributed by atoms with Crippen molar-refractivity contribution in [2.24, 2.45) is 5.73 Å². The zero-order valence-corrected chi connectivity index (χ0v) is 11.3. The molecule has 0 radical (unpaired) electrons. The summed E-state index contributed by atoms with van der Waals surface area (Å²) in [5.74, 6) is 0. The van der Waals surface area contributed by atoms with Gasteiger partial charge in [0.05, 0.1) is 16.8 Å². The van der Waals surface area contributed by atoms with Crippen LogP contribution in [0, 0.1) is 11.3 Å². The predicted octanol–water partition coefficient (Wildman–Crippen LogP) is 2.79. The van der Waals surface area contributed by atoms with Gasteiger partial charge < -0.3 is 11.1 Å². The van der Waals surface area contributed by atoms with Gasteiger partial charge in [0, 0.05) is 23.7 Å². The fourth-order valence-electron chi connectivity index (χ4n) is 2.91. The third-order valence-corrected chi connectivity index (χ3v) is 4.05. The van der Waals surface area contributed by atoms with Crippen molar-refractivity contribution in [3.8, 4) is 6.07 Å². The number of aromatic nitrogens is 1. The van der Waals surface area contributed by atoms with Crippen molar-refractivity contribution in [3.05, 3.63) is 36.0 Å². The van der Waals surface area contributed by atoms with Crippen LogP contribution in [0.5, 0.6) is 0 Å². The van der Waals surface area contributed by atoms with Crippen LogP contribution >= 0.6 is 0 Å². The number of nitrogens with two attached hydrogens (primary N) is 1. The molecule has 1 aromatic carbocycles. The van der Waals surface area contributed by atoms with E-state index in [0.29, 0.717) is 5.56 Å². The van der Waals surface area contributed by atoms with Crippen molar-refractivity contribution in [1.29, 1.82) is 5.26 Å². The molecule has 2 aromatic rings. The minimum absolute atomic E-state index is 0.155. The van der Waals surface area contributed by atoms with E-state index in [1.54, 1.807) is 6.20 Å². The van der Waals surface area contributed by atoms with E-state index in [1.807, 2.05) is 24.3 Å². The molecular weight excluding hydrogens is 248 g/mol. The highest BCUT2D eigenvalue weighted by Crippen LogP contribution is 2.28. The summed E-state index contributed by atoms with van der Waals surface area (Å²) in [7, 11) is 0. The first-order valence-corrected chi connectivity index (χ1v) is 7.09. The SMILES string of the molecule is N#Cc1cnc2ccccc2c1N[C@@H]1CCCC[C@H]1N. The van der Waals surface area contributed by atoms with Gasteiger partial charge in [0.25, 0.3) is 0 Å². The molecule has 3 N–H and O–H groups in total. The Bertz CT molecular complexity index is 659. The number of anilines is 1. The highest BCUT2D eigenvalue weighted by atomic mass is 15.0. The lowest BCUT2D eigenvalue weighted by atomic mass is 9.90. The molecule has 3 rings (SSSR count). The van der Waals surface area contributed by atoms with E-state index in [-0.39, 0.29) is 12.1 Å². The van der Waals surface area contributed by atoms with Crippen molar-refractivity contribution in [2.45, 2.75) is 37.8 Å². The number of benzene rings is 1. The summed E-state index contributed by atoms with van der Waals surface area (Å²) in [4.78, 5) is 4.33. The summed E-state index contributed by atoms with van der Waals surface area (Å²) in [6, 6.07) is 10.5. The number of nitrogens with zero attached hydrogens (tertiary/aromatic N) is 2. The molecule has 0 bridgehead atoms. The van der Waals surface area contributed by atoms with Crippen molar-refractivity contribution in [2.75, 3.05) is 5.32 Å². The Morgan fingerprint density at radius 2 is 2.05 bits per heavy atom. The predicted molar refractivity (Wildman–Crippen MR) is 80.3 cm³/mol. The Labute approximate surface area is 118 Å². The Hall–Kier alpha value is -2.12. The number of nitriles is 1. The topological polar surface area (TPSA) is 74.7 Å². The van der Waals surface area contributed by atoms with Crippen molar-refractivity contribution in [1.82, 2.24) is 4.98 Å². The lowest BCUT2D eigenvalue weighted by Gasteiger charge is -2.30. The van der Waals surface area contributed by atoms with Gasteiger partial charge in [-0.1, -0.05) is 31.0 Å². The molecule has 0 aliphatic heterocycles. The number of hydrogen-bond acceptors (Lipinski definition) is 4. The molecule has 0 spiro atoms. The van der Waals surface area contributed by atoms with E-state index in [2.05, 4.69) is 16.4 Å². The van der Waals surface area contributed by atoms with Crippen LogP contribution in [-0.2, 0) is 0 Å². The van der Waals surface area contributed by atoms with Gasteiger partial charge in [0.15, 0.2) is 0 Å². The summed E-state index contributed by atoms with van der Waals surface area (Å²) < 4.78 is 0. The average Bonchev–Trinajstić information content (AvgIpc) is 2.50. The minimum Gasteiger partial charge on any atom is -0.379 e. The second-order valence-corrected chi connectivity index (χ2v) is 5.37. The summed E-state index contributed by atoms with van der Waals surface area (Å²) in [6.45, 7) is 0. The first kappa shape index (κ1) is 12.9. The monoisotopic (exact) mass is 266 g/mol. The average molecular weight is 266 g/mol. The molecule has 4 heteroatoms. The lowest BCUT2D eigenvalue weighted by molar-refractivity contribution is 0.404. The van der Waals surface area contributed by atoms with Gasteiger partial charge in [-0.25, -0.2) is 0 Å². The number of para-hydroxylation sites is 1. The molecular formula is C16H18N4. The maximum atomic E-state index is 9.31. The second kappa shape index (κ2) is 5.48. The third-order valence-electron chi connectivity index (χ3n) is 4.05. The number of fused-ring (bicyclic) bond motifs is 1. The molecule has 2 atom stereocenters. The molecule has 1 aliphatic carbocycles. The number of hydrogen-bond donors (Lipinski definition) is 2. The molecule has 0 unspecified atom stereocenters. The Balaban J connectivity index is 2.02. The van der Waals surface area contributed by atoms with E-state index >= 15 is 0 Å². The number of nitrogens with one attached hydrogen (secondary N) is 1. The largest absolute Gasteiger partial charge is 0.379 e. The van der Waals surface area contributed by atoms with Gasteiger partial charge in [-0.3, -0.25) is 4.98 Å². The van der Waals surface area contributed by atoms with E-state index in [1.165, 1.54) is 12.8 Å². The standard InChI is InChI=1S/C16H18N4/c17-9-11-10-19-14-7-3-1-5-12(14)16(11)20-15-8-4-2-6-13(15)18/h1,3,5,7,10,13,15H,2,4,6,8,18H2,(H,19,20)/t13-,15-/m1/s1. The van der Waals surface area contributed by atoms with Crippen LogP contribution in [0.25, 0.3) is 10.9 Å². The molecule has 1 heterocycles. The molecule has 1 saturated carbocycles.